The molecule has 1 atom stereocenters. The third kappa shape index (κ3) is 2.48. The van der Waals surface area contributed by atoms with Crippen molar-refractivity contribution in [2.75, 3.05) is 14.1 Å². The van der Waals surface area contributed by atoms with Crippen molar-refractivity contribution in [3.63, 3.8) is 0 Å². The zero-order valence-corrected chi connectivity index (χ0v) is 13.6. The van der Waals surface area contributed by atoms with E-state index in [9.17, 15) is 0 Å². The minimum atomic E-state index is -0.0163. The fourth-order valence-electron chi connectivity index (χ4n) is 3.50. The first kappa shape index (κ1) is 15.8. The van der Waals surface area contributed by atoms with Crippen molar-refractivity contribution in [1.29, 1.82) is 0 Å². The molecule has 6 heteroatoms. The number of nitrogens with zero attached hydrogens (tertiary/aromatic N) is 3. The molecule has 1 aromatic rings. The maximum absolute atomic E-state index is 6.41. The van der Waals surface area contributed by atoms with Crippen molar-refractivity contribution >= 4 is 11.6 Å². The predicted molar refractivity (Wildman–Crippen MR) is 82.6 cm³/mol. The van der Waals surface area contributed by atoms with Gasteiger partial charge in [-0.25, -0.2) is 5.43 Å². The summed E-state index contributed by atoms with van der Waals surface area (Å²) in [6.07, 6.45) is 6.41. The van der Waals surface area contributed by atoms with Gasteiger partial charge in [0.2, 0.25) is 0 Å². The molecular weight excluding hydrogens is 274 g/mol. The van der Waals surface area contributed by atoms with Crippen LogP contribution in [0.3, 0.4) is 0 Å². The van der Waals surface area contributed by atoms with Crippen LogP contribution in [-0.2, 0) is 0 Å². The summed E-state index contributed by atoms with van der Waals surface area (Å²) in [5.74, 6) is 5.93. The number of aromatic nitrogens is 2. The lowest BCUT2D eigenvalue weighted by Crippen LogP contribution is -2.54. The van der Waals surface area contributed by atoms with Gasteiger partial charge < -0.3 is 4.90 Å². The van der Waals surface area contributed by atoms with E-state index in [1.807, 2.05) is 4.68 Å². The quantitative estimate of drug-likeness (QED) is 0.648. The maximum atomic E-state index is 6.41. The summed E-state index contributed by atoms with van der Waals surface area (Å²) in [5, 5.41) is 5.11. The van der Waals surface area contributed by atoms with Crippen molar-refractivity contribution in [1.82, 2.24) is 20.1 Å². The monoisotopic (exact) mass is 299 g/mol. The number of likely N-dealkylation sites (N-methyl/N-ethyl adjacent to an activating group) is 1. The predicted octanol–water partition coefficient (Wildman–Crippen LogP) is 2.50. The molecule has 1 aliphatic rings. The number of nitrogens with one attached hydrogen (secondary N) is 1. The van der Waals surface area contributed by atoms with Gasteiger partial charge in [0, 0.05) is 11.6 Å². The van der Waals surface area contributed by atoms with Crippen molar-refractivity contribution in [2.45, 2.75) is 57.2 Å². The van der Waals surface area contributed by atoms with Crippen LogP contribution in [0.4, 0.5) is 0 Å². The standard InChI is InChI=1S/C14H26ClN5/c1-10(2)20-12(11(15)9-17-20)13(18-16)14(19(3)4)7-5-6-8-14/h9-10,13,18H,5-8,16H2,1-4H3. The van der Waals surface area contributed by atoms with Crippen molar-refractivity contribution in [3.8, 4) is 0 Å². The molecule has 1 saturated carbocycles. The average molecular weight is 300 g/mol. The number of hydrogen-bond donors (Lipinski definition) is 2. The summed E-state index contributed by atoms with van der Waals surface area (Å²) in [5.41, 5.74) is 4.02. The fourth-order valence-corrected chi connectivity index (χ4v) is 3.74. The maximum Gasteiger partial charge on any atom is 0.0835 e. The Kier molecular flexibility index (Phi) is 4.74. The van der Waals surface area contributed by atoms with Crippen LogP contribution >= 0.6 is 11.6 Å². The van der Waals surface area contributed by atoms with Crippen LogP contribution in [0.1, 0.15) is 57.3 Å². The minimum absolute atomic E-state index is 0.00502. The van der Waals surface area contributed by atoms with Crippen LogP contribution in [0, 0.1) is 0 Å². The first-order valence-corrected chi connectivity index (χ1v) is 7.68. The Morgan fingerprint density at radius 2 is 2.00 bits per heavy atom. The Bertz CT molecular complexity index is 448. The second-order valence-electron chi connectivity index (χ2n) is 6.22. The lowest BCUT2D eigenvalue weighted by molar-refractivity contribution is 0.0994. The van der Waals surface area contributed by atoms with Crippen LogP contribution < -0.4 is 11.3 Å². The number of hydrazine groups is 1. The van der Waals surface area contributed by atoms with Crippen LogP contribution in [0.25, 0.3) is 0 Å². The normalized spacial score (nSPS) is 20.0. The van der Waals surface area contributed by atoms with Crippen molar-refractivity contribution < 1.29 is 0 Å². The van der Waals surface area contributed by atoms with Gasteiger partial charge in [0.1, 0.15) is 0 Å². The smallest absolute Gasteiger partial charge is 0.0835 e. The summed E-state index contributed by atoms with van der Waals surface area (Å²) in [6, 6.07) is 0.242. The number of rotatable bonds is 5. The Morgan fingerprint density at radius 3 is 2.45 bits per heavy atom. The number of nitrogens with two attached hydrogens (primary N) is 1. The molecule has 0 bridgehead atoms. The fraction of sp³-hybridized carbons (Fsp3) is 0.786. The molecule has 1 aliphatic carbocycles. The van der Waals surface area contributed by atoms with Gasteiger partial charge in [-0.2, -0.15) is 5.10 Å². The molecule has 3 N–H and O–H groups in total. The van der Waals surface area contributed by atoms with Gasteiger partial charge in [0.25, 0.3) is 0 Å². The van der Waals surface area contributed by atoms with E-state index in [1.54, 1.807) is 6.20 Å². The van der Waals surface area contributed by atoms with E-state index in [0.717, 1.165) is 18.5 Å². The van der Waals surface area contributed by atoms with Gasteiger partial charge in [-0.05, 0) is 40.8 Å². The number of hydrogen-bond acceptors (Lipinski definition) is 4. The van der Waals surface area contributed by atoms with Gasteiger partial charge in [-0.15, -0.1) is 0 Å². The SMILES string of the molecule is CC(C)n1ncc(Cl)c1C(NN)C1(N(C)C)CCCC1. The van der Waals surface area contributed by atoms with E-state index in [0.29, 0.717) is 5.02 Å². The molecule has 0 spiro atoms. The van der Waals surface area contributed by atoms with Gasteiger partial charge in [-0.1, -0.05) is 24.4 Å². The van der Waals surface area contributed by atoms with E-state index in [-0.39, 0.29) is 17.6 Å². The van der Waals surface area contributed by atoms with Crippen LogP contribution in [-0.4, -0.2) is 34.3 Å². The molecule has 0 amide bonds. The summed E-state index contributed by atoms with van der Waals surface area (Å²) in [6.45, 7) is 4.22. The van der Waals surface area contributed by atoms with Crippen LogP contribution in [0.2, 0.25) is 5.02 Å². The lowest BCUT2D eigenvalue weighted by atomic mass is 9.85. The molecule has 5 nitrogen and oxygen atoms in total. The second-order valence-corrected chi connectivity index (χ2v) is 6.63. The molecule has 1 aromatic heterocycles. The highest BCUT2D eigenvalue weighted by Gasteiger charge is 2.45. The molecule has 0 aromatic carbocycles. The highest BCUT2D eigenvalue weighted by Crippen LogP contribution is 2.44. The van der Waals surface area contributed by atoms with Crippen LogP contribution in [0.15, 0.2) is 6.20 Å². The number of halogens is 1. The Labute approximate surface area is 126 Å². The van der Waals surface area contributed by atoms with E-state index < -0.39 is 0 Å². The lowest BCUT2D eigenvalue weighted by Gasteiger charge is -2.43. The summed E-state index contributed by atoms with van der Waals surface area (Å²) >= 11 is 6.41. The minimum Gasteiger partial charge on any atom is -0.302 e. The highest BCUT2D eigenvalue weighted by atomic mass is 35.5. The molecule has 0 saturated heterocycles. The summed E-state index contributed by atoms with van der Waals surface area (Å²) < 4.78 is 1.98. The largest absolute Gasteiger partial charge is 0.302 e. The molecular formula is C14H26ClN5. The third-order valence-electron chi connectivity index (χ3n) is 4.61. The van der Waals surface area contributed by atoms with Gasteiger partial charge >= 0.3 is 0 Å². The molecule has 0 aliphatic heterocycles. The first-order valence-electron chi connectivity index (χ1n) is 7.30. The Hall–Kier alpha value is -0.620. The zero-order chi connectivity index (χ0) is 14.9. The molecule has 114 valence electrons. The topological polar surface area (TPSA) is 59.1 Å². The van der Waals surface area contributed by atoms with Crippen molar-refractivity contribution in [2.24, 2.45) is 5.84 Å². The summed E-state index contributed by atoms with van der Waals surface area (Å²) in [4.78, 5) is 2.29. The molecule has 0 radical (unpaired) electrons. The first-order chi connectivity index (χ1) is 9.44. The Morgan fingerprint density at radius 1 is 1.40 bits per heavy atom. The highest BCUT2D eigenvalue weighted by molar-refractivity contribution is 6.31. The molecule has 20 heavy (non-hydrogen) atoms. The van der Waals surface area contributed by atoms with E-state index in [1.165, 1.54) is 12.8 Å². The second kappa shape index (κ2) is 6.02. The molecule has 1 fully saturated rings. The van der Waals surface area contributed by atoms with Gasteiger partial charge in [0.15, 0.2) is 0 Å². The molecule has 1 unspecified atom stereocenters. The van der Waals surface area contributed by atoms with E-state index in [4.69, 9.17) is 17.4 Å². The zero-order valence-electron chi connectivity index (χ0n) is 12.9. The van der Waals surface area contributed by atoms with Crippen molar-refractivity contribution in [3.05, 3.63) is 16.9 Å². The van der Waals surface area contributed by atoms with Gasteiger partial charge in [0.05, 0.1) is 23.0 Å². The third-order valence-corrected chi connectivity index (χ3v) is 4.90. The molecule has 2 rings (SSSR count). The molecule has 1 heterocycles. The Balaban J connectivity index is 2.49. The van der Waals surface area contributed by atoms with Crippen LogP contribution in [0.5, 0.6) is 0 Å². The van der Waals surface area contributed by atoms with E-state index >= 15 is 0 Å². The average Bonchev–Trinajstić information content (AvgIpc) is 3.00. The summed E-state index contributed by atoms with van der Waals surface area (Å²) in [7, 11) is 4.25. The van der Waals surface area contributed by atoms with E-state index in [2.05, 4.69) is 43.4 Å². The van der Waals surface area contributed by atoms with Gasteiger partial charge in [-0.3, -0.25) is 10.5 Å².